The summed E-state index contributed by atoms with van der Waals surface area (Å²) in [6, 6.07) is 0.134. The maximum absolute atomic E-state index is 14.1. The molecule has 1 aliphatic heterocycles. The number of amides is 1. The molecule has 1 N–H and O–H groups in total. The minimum Gasteiger partial charge on any atom is -0.439 e. The van der Waals surface area contributed by atoms with Crippen molar-refractivity contribution in [3.8, 4) is 0 Å². The van der Waals surface area contributed by atoms with Crippen molar-refractivity contribution in [3.05, 3.63) is 69.5 Å². The first kappa shape index (κ1) is 33.7. The van der Waals surface area contributed by atoms with Gasteiger partial charge in [-0.25, -0.2) is 4.79 Å². The lowest BCUT2D eigenvalue weighted by Crippen LogP contribution is -2.52. The summed E-state index contributed by atoms with van der Waals surface area (Å²) in [6.07, 6.45) is -13.3. The highest BCUT2D eigenvalue weighted by molar-refractivity contribution is 5.72. The number of rotatable bonds is 6. The SMILES string of the molecule is CNC1=CC(C2=C(CN3C(=O)O[C@H](c4cc(C(F)(F)F)cc(C(F)(F)F)c4)[C@@H]3C)CC(C)(C)CC2)=CCC1(OC)C(F)(F)F. The predicted molar refractivity (Wildman–Crippen MR) is 142 cm³/mol. The van der Waals surface area contributed by atoms with Gasteiger partial charge in [0.05, 0.1) is 22.9 Å². The van der Waals surface area contributed by atoms with E-state index in [9.17, 15) is 44.3 Å². The average molecular weight is 641 g/mol. The fourth-order valence-electron chi connectivity index (χ4n) is 6.18. The third-order valence-electron chi connectivity index (χ3n) is 8.63. The Kier molecular flexibility index (Phi) is 8.68. The zero-order chi connectivity index (χ0) is 33.0. The van der Waals surface area contributed by atoms with Crippen LogP contribution in [0, 0.1) is 5.41 Å². The summed E-state index contributed by atoms with van der Waals surface area (Å²) in [7, 11) is 2.33. The molecule has 1 fully saturated rings. The number of methoxy groups -OCH3 is 1. The van der Waals surface area contributed by atoms with Gasteiger partial charge < -0.3 is 14.8 Å². The Morgan fingerprint density at radius 1 is 1.02 bits per heavy atom. The van der Waals surface area contributed by atoms with E-state index in [0.29, 0.717) is 48.1 Å². The lowest BCUT2D eigenvalue weighted by Gasteiger charge is -2.40. The highest BCUT2D eigenvalue weighted by atomic mass is 19.4. The Bertz CT molecular complexity index is 1360. The molecule has 1 unspecified atom stereocenters. The lowest BCUT2D eigenvalue weighted by molar-refractivity contribution is -0.254. The summed E-state index contributed by atoms with van der Waals surface area (Å²) in [6.45, 7) is 5.37. The molecule has 0 radical (unpaired) electrons. The van der Waals surface area contributed by atoms with E-state index >= 15 is 0 Å². The summed E-state index contributed by atoms with van der Waals surface area (Å²) in [5, 5.41) is 2.60. The van der Waals surface area contributed by atoms with E-state index in [-0.39, 0.29) is 23.7 Å². The number of hydrogen-bond acceptors (Lipinski definition) is 4. The van der Waals surface area contributed by atoms with Gasteiger partial charge in [-0.05, 0) is 78.2 Å². The summed E-state index contributed by atoms with van der Waals surface area (Å²) >= 11 is 0. The van der Waals surface area contributed by atoms with Crippen molar-refractivity contribution in [2.75, 3.05) is 20.7 Å². The Morgan fingerprint density at radius 3 is 2.11 bits per heavy atom. The minimum absolute atomic E-state index is 0.00574. The molecular weight excluding hydrogens is 607 g/mol. The highest BCUT2D eigenvalue weighted by Crippen LogP contribution is 2.48. The Balaban J connectivity index is 1.71. The molecular formula is C30H33F9N2O3. The number of halogens is 9. The van der Waals surface area contributed by atoms with Crippen LogP contribution in [-0.4, -0.2) is 49.5 Å². The molecule has 244 valence electrons. The molecule has 1 heterocycles. The number of benzene rings is 1. The monoisotopic (exact) mass is 640 g/mol. The van der Waals surface area contributed by atoms with E-state index in [1.165, 1.54) is 31.0 Å². The van der Waals surface area contributed by atoms with Gasteiger partial charge >= 0.3 is 24.6 Å². The van der Waals surface area contributed by atoms with Crippen molar-refractivity contribution >= 4 is 6.09 Å². The van der Waals surface area contributed by atoms with Crippen LogP contribution in [0.5, 0.6) is 0 Å². The molecule has 4 rings (SSSR count). The number of nitrogens with one attached hydrogen (secondary N) is 1. The number of allylic oxidation sites excluding steroid dienone is 3. The van der Waals surface area contributed by atoms with Gasteiger partial charge in [0.25, 0.3) is 0 Å². The molecule has 1 saturated heterocycles. The van der Waals surface area contributed by atoms with Crippen LogP contribution in [0.15, 0.2) is 52.8 Å². The van der Waals surface area contributed by atoms with Crippen molar-refractivity contribution in [1.29, 1.82) is 0 Å². The second kappa shape index (κ2) is 11.3. The highest BCUT2D eigenvalue weighted by Gasteiger charge is 2.58. The number of cyclic esters (lactones) is 1. The molecule has 5 nitrogen and oxygen atoms in total. The molecule has 1 aromatic rings. The van der Waals surface area contributed by atoms with Gasteiger partial charge in [0.15, 0.2) is 0 Å². The van der Waals surface area contributed by atoms with Crippen LogP contribution in [-0.2, 0) is 21.8 Å². The Hall–Kier alpha value is -3.16. The van der Waals surface area contributed by atoms with Gasteiger partial charge in [0.1, 0.15) is 6.10 Å². The number of nitrogens with zero attached hydrogens (tertiary/aromatic N) is 1. The largest absolute Gasteiger partial charge is 0.439 e. The second-order valence-corrected chi connectivity index (χ2v) is 12.1. The van der Waals surface area contributed by atoms with Crippen molar-refractivity contribution in [3.63, 3.8) is 0 Å². The molecule has 3 aliphatic rings. The van der Waals surface area contributed by atoms with Crippen LogP contribution < -0.4 is 5.32 Å². The third-order valence-corrected chi connectivity index (χ3v) is 8.63. The number of ether oxygens (including phenoxy) is 2. The van der Waals surface area contributed by atoms with Crippen molar-refractivity contribution in [1.82, 2.24) is 10.2 Å². The fraction of sp³-hybridized carbons (Fsp3) is 0.567. The first-order valence-corrected chi connectivity index (χ1v) is 13.8. The molecule has 0 saturated carbocycles. The van der Waals surface area contributed by atoms with E-state index in [1.54, 1.807) is 0 Å². The molecule has 44 heavy (non-hydrogen) atoms. The zero-order valence-electron chi connectivity index (χ0n) is 24.7. The topological polar surface area (TPSA) is 50.8 Å². The van der Waals surface area contributed by atoms with Gasteiger partial charge in [-0.3, -0.25) is 4.90 Å². The van der Waals surface area contributed by atoms with Crippen LogP contribution in [0.4, 0.5) is 44.3 Å². The zero-order valence-corrected chi connectivity index (χ0v) is 24.7. The molecule has 14 heteroatoms. The lowest BCUT2D eigenvalue weighted by atomic mass is 9.71. The van der Waals surface area contributed by atoms with E-state index in [4.69, 9.17) is 9.47 Å². The quantitative estimate of drug-likeness (QED) is 0.317. The van der Waals surface area contributed by atoms with Gasteiger partial charge in [0.2, 0.25) is 5.60 Å². The minimum atomic E-state index is -5.07. The van der Waals surface area contributed by atoms with Crippen molar-refractivity contribution < 1.29 is 53.8 Å². The van der Waals surface area contributed by atoms with Gasteiger partial charge in [-0.1, -0.05) is 19.9 Å². The number of carbonyl (C=O) groups excluding carboxylic acids is 1. The van der Waals surface area contributed by atoms with Crippen LogP contribution in [0.25, 0.3) is 0 Å². The standard InChI is InChI=1S/C30H33F9N2O3/c1-16-24(18-10-20(28(31,32)33)13-21(11-18)29(34,35)36)44-25(42)41(16)15-19-14-26(2,3)8-7-22(19)17-6-9-27(43-5,30(37,38)39)23(12-17)40-4/h6,10-13,16,24,40H,7-9,14-15H2,1-5H3/t16-,24-,27?/m0/s1. The maximum Gasteiger partial charge on any atom is 0.423 e. The maximum atomic E-state index is 14.1. The summed E-state index contributed by atoms with van der Waals surface area (Å²) in [5.41, 5.74) is -4.57. The van der Waals surface area contributed by atoms with Crippen LogP contribution in [0.3, 0.4) is 0 Å². The third kappa shape index (κ3) is 6.32. The van der Waals surface area contributed by atoms with Gasteiger partial charge in [-0.2, -0.15) is 39.5 Å². The van der Waals surface area contributed by atoms with Crippen LogP contribution in [0.2, 0.25) is 0 Å². The molecule has 0 aromatic heterocycles. The second-order valence-electron chi connectivity index (χ2n) is 12.1. The smallest absolute Gasteiger partial charge is 0.423 e. The Labute approximate surface area is 248 Å². The van der Waals surface area contributed by atoms with Crippen LogP contribution in [0.1, 0.15) is 69.2 Å². The molecule has 3 atom stereocenters. The number of likely N-dealkylation sites (N-methyl/N-ethyl adjacent to an activating group) is 1. The van der Waals surface area contributed by atoms with E-state index in [0.717, 1.165) is 7.11 Å². The Morgan fingerprint density at radius 2 is 1.61 bits per heavy atom. The first-order valence-electron chi connectivity index (χ1n) is 13.8. The normalized spacial score (nSPS) is 26.4. The summed E-state index contributed by atoms with van der Waals surface area (Å²) in [4.78, 5) is 14.3. The van der Waals surface area contributed by atoms with Crippen molar-refractivity contribution in [2.24, 2.45) is 5.41 Å². The number of carbonyl (C=O) groups is 1. The summed E-state index contributed by atoms with van der Waals surface area (Å²) in [5.74, 6) is 0. The van der Waals surface area contributed by atoms with Gasteiger partial charge in [-0.15, -0.1) is 0 Å². The van der Waals surface area contributed by atoms with Crippen LogP contribution >= 0.6 is 0 Å². The van der Waals surface area contributed by atoms with Gasteiger partial charge in [0, 0.05) is 27.1 Å². The fourth-order valence-corrected chi connectivity index (χ4v) is 6.18. The van der Waals surface area contributed by atoms with E-state index in [1.807, 2.05) is 13.8 Å². The summed E-state index contributed by atoms with van der Waals surface area (Å²) < 4.78 is 133. The molecule has 0 bridgehead atoms. The predicted octanol–water partition coefficient (Wildman–Crippen LogP) is 8.49. The molecule has 2 aliphatic carbocycles. The first-order chi connectivity index (χ1) is 20.1. The molecule has 1 aromatic carbocycles. The molecule has 1 amide bonds. The molecule has 0 spiro atoms. The average Bonchev–Trinajstić information content (AvgIpc) is 3.19. The number of hydrogen-bond donors (Lipinski definition) is 1. The van der Waals surface area contributed by atoms with E-state index in [2.05, 4.69) is 5.32 Å². The van der Waals surface area contributed by atoms with Crippen molar-refractivity contribution in [2.45, 2.75) is 82.7 Å². The van der Waals surface area contributed by atoms with E-state index < -0.39 is 65.5 Å². The number of alkyl halides is 9.